The summed E-state index contributed by atoms with van der Waals surface area (Å²) in [5.41, 5.74) is -1.86. The van der Waals surface area contributed by atoms with Crippen LogP contribution in [0.25, 0.3) is 6.08 Å². The summed E-state index contributed by atoms with van der Waals surface area (Å²) in [6.45, 7) is 0. The van der Waals surface area contributed by atoms with E-state index in [9.17, 15) is 28.1 Å². The fourth-order valence-electron chi connectivity index (χ4n) is 2.03. The van der Waals surface area contributed by atoms with Crippen LogP contribution in [0.1, 0.15) is 11.1 Å². The number of amides is 1. The first-order valence-electron chi connectivity index (χ1n) is 7.16. The molecule has 27 heavy (non-hydrogen) atoms. The van der Waals surface area contributed by atoms with Crippen molar-refractivity contribution in [3.05, 3.63) is 74.3 Å². The highest BCUT2D eigenvalue weighted by molar-refractivity contribution is 6.34. The second kappa shape index (κ2) is 7.88. The summed E-state index contributed by atoms with van der Waals surface area (Å²) >= 11 is 5.79. The summed E-state index contributed by atoms with van der Waals surface area (Å²) in [6.07, 6.45) is -3.56. The first-order valence-corrected chi connectivity index (χ1v) is 7.54. The van der Waals surface area contributed by atoms with Crippen molar-refractivity contribution in [2.75, 3.05) is 5.32 Å². The summed E-state index contributed by atoms with van der Waals surface area (Å²) < 4.78 is 38.3. The third-order valence-electron chi connectivity index (χ3n) is 3.30. The lowest BCUT2D eigenvalue weighted by molar-refractivity contribution is -0.384. The Morgan fingerprint density at radius 1 is 1.26 bits per heavy atom. The lowest BCUT2D eigenvalue weighted by Gasteiger charge is -2.11. The van der Waals surface area contributed by atoms with Gasteiger partial charge in [0.15, 0.2) is 0 Å². The highest BCUT2D eigenvalue weighted by Gasteiger charge is 2.31. The molecule has 0 saturated carbocycles. The summed E-state index contributed by atoms with van der Waals surface area (Å²) in [4.78, 5) is 22.3. The third-order valence-corrected chi connectivity index (χ3v) is 3.63. The molecule has 0 aromatic heterocycles. The van der Waals surface area contributed by atoms with E-state index in [0.717, 1.165) is 24.3 Å². The van der Waals surface area contributed by atoms with Crippen LogP contribution >= 0.6 is 11.6 Å². The predicted octanol–water partition coefficient (Wildman–Crippen LogP) is 4.81. The topological polar surface area (TPSA) is 96.0 Å². The monoisotopic (exact) mass is 395 g/mol. The second-order valence-electron chi connectivity index (χ2n) is 5.17. The molecule has 0 aliphatic rings. The normalized spacial score (nSPS) is 11.6. The van der Waals surface area contributed by atoms with Crippen molar-refractivity contribution in [2.45, 2.75) is 6.18 Å². The molecule has 0 atom stereocenters. The van der Waals surface area contributed by atoms with E-state index < -0.39 is 28.1 Å². The Hall–Kier alpha value is -3.38. The van der Waals surface area contributed by atoms with Crippen molar-refractivity contribution in [1.29, 1.82) is 5.26 Å². The van der Waals surface area contributed by atoms with Gasteiger partial charge < -0.3 is 5.32 Å². The summed E-state index contributed by atoms with van der Waals surface area (Å²) in [6, 6.07) is 9.12. The smallest absolute Gasteiger partial charge is 0.320 e. The molecule has 0 heterocycles. The molecule has 0 bridgehead atoms. The number of hydrogen-bond acceptors (Lipinski definition) is 4. The molecule has 0 radical (unpaired) electrons. The molecular formula is C17H9ClF3N3O3. The zero-order valence-electron chi connectivity index (χ0n) is 13.2. The van der Waals surface area contributed by atoms with Gasteiger partial charge >= 0.3 is 6.18 Å². The van der Waals surface area contributed by atoms with Crippen LogP contribution in [0.3, 0.4) is 0 Å². The van der Waals surface area contributed by atoms with E-state index in [2.05, 4.69) is 5.32 Å². The van der Waals surface area contributed by atoms with Gasteiger partial charge in [-0.05, 0) is 29.8 Å². The van der Waals surface area contributed by atoms with Gasteiger partial charge in [0.1, 0.15) is 11.6 Å². The number of rotatable bonds is 4. The van der Waals surface area contributed by atoms with Gasteiger partial charge in [-0.25, -0.2) is 0 Å². The quantitative estimate of drug-likeness (QED) is 0.347. The number of non-ortho nitro benzene ring substituents is 1. The van der Waals surface area contributed by atoms with Crippen molar-refractivity contribution in [1.82, 2.24) is 0 Å². The molecular weight excluding hydrogens is 387 g/mol. The Labute approximate surface area is 155 Å². The number of halogens is 4. The molecule has 1 N–H and O–H groups in total. The van der Waals surface area contributed by atoms with E-state index in [1.54, 1.807) is 6.07 Å². The lowest BCUT2D eigenvalue weighted by atomic mass is 10.1. The SMILES string of the molecule is N#CC(=Cc1cccc([N+](=O)[O-])c1)C(=O)Nc1cc(C(F)(F)F)ccc1Cl. The average molecular weight is 396 g/mol. The number of nitrogens with zero attached hydrogens (tertiary/aromatic N) is 2. The largest absolute Gasteiger partial charge is 0.416 e. The van der Waals surface area contributed by atoms with Gasteiger partial charge in [0, 0.05) is 12.1 Å². The number of hydrogen-bond donors (Lipinski definition) is 1. The maximum absolute atomic E-state index is 12.8. The number of anilines is 1. The number of nitriles is 1. The highest BCUT2D eigenvalue weighted by atomic mass is 35.5. The van der Waals surface area contributed by atoms with Gasteiger partial charge in [-0.2, -0.15) is 18.4 Å². The van der Waals surface area contributed by atoms with Crippen LogP contribution in [0, 0.1) is 21.4 Å². The second-order valence-corrected chi connectivity index (χ2v) is 5.58. The molecule has 0 spiro atoms. The Morgan fingerprint density at radius 2 is 1.96 bits per heavy atom. The predicted molar refractivity (Wildman–Crippen MR) is 91.8 cm³/mol. The van der Waals surface area contributed by atoms with Gasteiger partial charge in [0.25, 0.3) is 11.6 Å². The average Bonchev–Trinajstić information content (AvgIpc) is 2.60. The molecule has 0 unspecified atom stereocenters. The zero-order valence-corrected chi connectivity index (χ0v) is 14.0. The molecule has 0 aliphatic heterocycles. The highest BCUT2D eigenvalue weighted by Crippen LogP contribution is 2.34. The van der Waals surface area contributed by atoms with Gasteiger partial charge in [-0.1, -0.05) is 23.7 Å². The number of benzene rings is 2. The van der Waals surface area contributed by atoms with Crippen molar-refractivity contribution < 1.29 is 22.9 Å². The molecule has 6 nitrogen and oxygen atoms in total. The minimum Gasteiger partial charge on any atom is -0.320 e. The van der Waals surface area contributed by atoms with Gasteiger partial charge in [0.2, 0.25) is 0 Å². The first kappa shape index (κ1) is 19.9. The fraction of sp³-hybridized carbons (Fsp3) is 0.0588. The van der Waals surface area contributed by atoms with E-state index in [-0.39, 0.29) is 22.0 Å². The standard InChI is InChI=1S/C17H9ClF3N3O3/c18-14-5-4-12(17(19,20)21)8-15(14)23-16(25)11(9-22)6-10-2-1-3-13(7-10)24(26)27/h1-8H,(H,23,25). The Balaban J connectivity index is 2.32. The number of carbonyl (C=O) groups excluding carboxylic acids is 1. The maximum Gasteiger partial charge on any atom is 0.416 e. The Kier molecular flexibility index (Phi) is 5.82. The number of alkyl halides is 3. The zero-order chi connectivity index (χ0) is 20.2. The molecule has 0 aliphatic carbocycles. The number of nitrogens with one attached hydrogen (secondary N) is 1. The van der Waals surface area contributed by atoms with E-state index in [4.69, 9.17) is 16.9 Å². The fourth-order valence-corrected chi connectivity index (χ4v) is 2.20. The minimum absolute atomic E-state index is 0.149. The third kappa shape index (κ3) is 5.05. The van der Waals surface area contributed by atoms with Gasteiger partial charge in [-0.3, -0.25) is 14.9 Å². The van der Waals surface area contributed by atoms with Crippen LogP contribution in [-0.2, 0) is 11.0 Å². The molecule has 2 aromatic carbocycles. The summed E-state index contributed by atoms with van der Waals surface area (Å²) in [5, 5.41) is 21.9. The number of carbonyl (C=O) groups is 1. The van der Waals surface area contributed by atoms with Crippen LogP contribution in [0.5, 0.6) is 0 Å². The molecule has 1 amide bonds. The number of nitro groups is 1. The minimum atomic E-state index is -4.64. The van der Waals surface area contributed by atoms with Gasteiger partial charge in [0.05, 0.1) is 21.2 Å². The van der Waals surface area contributed by atoms with Crippen LogP contribution in [0.2, 0.25) is 5.02 Å². The summed E-state index contributed by atoms with van der Waals surface area (Å²) in [5.74, 6) is -1.01. The van der Waals surface area contributed by atoms with Crippen LogP contribution < -0.4 is 5.32 Å². The van der Waals surface area contributed by atoms with E-state index >= 15 is 0 Å². The Bertz CT molecular complexity index is 981. The van der Waals surface area contributed by atoms with Crippen LogP contribution in [-0.4, -0.2) is 10.8 Å². The van der Waals surface area contributed by atoms with Crippen molar-refractivity contribution >= 4 is 35.0 Å². The summed E-state index contributed by atoms with van der Waals surface area (Å²) in [7, 11) is 0. The van der Waals surface area contributed by atoms with E-state index in [1.807, 2.05) is 0 Å². The van der Waals surface area contributed by atoms with E-state index in [0.29, 0.717) is 6.07 Å². The van der Waals surface area contributed by atoms with Crippen LogP contribution in [0.15, 0.2) is 48.0 Å². The number of nitro benzene ring substituents is 1. The van der Waals surface area contributed by atoms with Crippen molar-refractivity contribution in [3.8, 4) is 6.07 Å². The van der Waals surface area contributed by atoms with Gasteiger partial charge in [-0.15, -0.1) is 0 Å². The molecule has 0 saturated heterocycles. The molecule has 2 aromatic rings. The molecule has 2 rings (SSSR count). The maximum atomic E-state index is 12.8. The molecule has 0 fully saturated rings. The molecule has 10 heteroatoms. The van der Waals surface area contributed by atoms with Crippen molar-refractivity contribution in [3.63, 3.8) is 0 Å². The van der Waals surface area contributed by atoms with Crippen molar-refractivity contribution in [2.24, 2.45) is 0 Å². The first-order chi connectivity index (χ1) is 12.6. The Morgan fingerprint density at radius 3 is 2.56 bits per heavy atom. The lowest BCUT2D eigenvalue weighted by Crippen LogP contribution is -2.15. The van der Waals surface area contributed by atoms with Crippen LogP contribution in [0.4, 0.5) is 24.5 Å². The molecule has 138 valence electrons. The van der Waals surface area contributed by atoms with E-state index in [1.165, 1.54) is 18.2 Å².